The van der Waals surface area contributed by atoms with Gasteiger partial charge in [0.2, 0.25) is 0 Å². The quantitative estimate of drug-likeness (QED) is 0.724. The van der Waals surface area contributed by atoms with Gasteiger partial charge in [-0.05, 0) is 39.0 Å². The molecule has 0 radical (unpaired) electrons. The van der Waals surface area contributed by atoms with Crippen molar-refractivity contribution in [2.45, 2.75) is 45.7 Å². The second kappa shape index (κ2) is 2.88. The maximum Gasteiger partial charge on any atom is 0.192 e. The van der Waals surface area contributed by atoms with Crippen molar-refractivity contribution < 1.29 is 0 Å². The van der Waals surface area contributed by atoms with Crippen LogP contribution in [0, 0.1) is 11.8 Å². The lowest BCUT2D eigenvalue weighted by Crippen LogP contribution is -2.54. The highest BCUT2D eigenvalue weighted by molar-refractivity contribution is 5.81. The molecule has 1 fully saturated rings. The molecule has 0 amide bonds. The van der Waals surface area contributed by atoms with Crippen molar-refractivity contribution in [3.8, 4) is 0 Å². The molecule has 80 valence electrons. The van der Waals surface area contributed by atoms with Gasteiger partial charge in [0.25, 0.3) is 0 Å². The van der Waals surface area contributed by atoms with Gasteiger partial charge >= 0.3 is 0 Å². The molecule has 1 aliphatic heterocycles. The molecular formula is C11H21N3. The summed E-state index contributed by atoms with van der Waals surface area (Å²) in [5.74, 6) is 2.37. The van der Waals surface area contributed by atoms with Crippen LogP contribution in [-0.4, -0.2) is 29.0 Å². The van der Waals surface area contributed by atoms with Crippen LogP contribution in [0.25, 0.3) is 0 Å². The summed E-state index contributed by atoms with van der Waals surface area (Å²) >= 11 is 0. The maximum absolute atomic E-state index is 5.94. The first-order chi connectivity index (χ1) is 6.47. The number of guanidine groups is 1. The molecule has 3 nitrogen and oxygen atoms in total. The van der Waals surface area contributed by atoms with Crippen LogP contribution in [-0.2, 0) is 0 Å². The minimum Gasteiger partial charge on any atom is -0.370 e. The molecule has 0 aromatic heterocycles. The average Bonchev–Trinajstić information content (AvgIpc) is 2.71. The lowest BCUT2D eigenvalue weighted by Gasteiger charge is -2.40. The summed E-state index contributed by atoms with van der Waals surface area (Å²) in [4.78, 5) is 6.71. The van der Waals surface area contributed by atoms with Crippen LogP contribution in [0.2, 0.25) is 0 Å². The highest BCUT2D eigenvalue weighted by Crippen LogP contribution is 2.50. The Hall–Kier alpha value is -0.730. The molecule has 2 aliphatic rings. The number of nitrogens with zero attached hydrogens (tertiary/aromatic N) is 2. The van der Waals surface area contributed by atoms with Gasteiger partial charge in [0.05, 0.1) is 12.1 Å². The van der Waals surface area contributed by atoms with E-state index in [-0.39, 0.29) is 5.54 Å². The van der Waals surface area contributed by atoms with Crippen LogP contribution in [0.4, 0.5) is 0 Å². The second-order valence-electron chi connectivity index (χ2n) is 5.31. The summed E-state index contributed by atoms with van der Waals surface area (Å²) in [6, 6.07) is 0.457. The summed E-state index contributed by atoms with van der Waals surface area (Å²) in [5, 5.41) is 0. The molecular weight excluding hydrogens is 174 g/mol. The molecule has 3 atom stereocenters. The summed E-state index contributed by atoms with van der Waals surface area (Å²) in [5.41, 5.74) is 6.13. The van der Waals surface area contributed by atoms with Crippen molar-refractivity contribution in [1.82, 2.24) is 4.90 Å². The Kier molecular flexibility index (Phi) is 2.02. The third kappa shape index (κ3) is 1.22. The van der Waals surface area contributed by atoms with E-state index in [1.54, 1.807) is 0 Å². The van der Waals surface area contributed by atoms with Gasteiger partial charge in [-0.15, -0.1) is 0 Å². The van der Waals surface area contributed by atoms with Crippen molar-refractivity contribution in [2.75, 3.05) is 6.54 Å². The first-order valence-corrected chi connectivity index (χ1v) is 5.56. The maximum atomic E-state index is 5.94. The van der Waals surface area contributed by atoms with Gasteiger partial charge in [0.15, 0.2) is 5.96 Å². The topological polar surface area (TPSA) is 41.6 Å². The molecule has 0 spiro atoms. The largest absolute Gasteiger partial charge is 0.370 e. The summed E-state index contributed by atoms with van der Waals surface area (Å²) in [6.07, 6.45) is 1.34. The summed E-state index contributed by atoms with van der Waals surface area (Å²) in [7, 11) is 0. The molecule has 1 heterocycles. The number of aliphatic imine (C=N–C) groups is 1. The SMILES string of the molecule is CC1CC1C1(C)CN=C(N)N1C(C)C. The van der Waals surface area contributed by atoms with E-state index < -0.39 is 0 Å². The van der Waals surface area contributed by atoms with E-state index in [0.29, 0.717) is 6.04 Å². The molecule has 1 saturated carbocycles. The van der Waals surface area contributed by atoms with Crippen LogP contribution in [0.1, 0.15) is 34.1 Å². The predicted molar refractivity (Wildman–Crippen MR) is 59.1 cm³/mol. The molecule has 3 heteroatoms. The monoisotopic (exact) mass is 195 g/mol. The summed E-state index contributed by atoms with van der Waals surface area (Å²) in [6.45, 7) is 9.90. The zero-order chi connectivity index (χ0) is 10.5. The van der Waals surface area contributed by atoms with Crippen molar-refractivity contribution >= 4 is 5.96 Å². The fourth-order valence-electron chi connectivity index (χ4n) is 2.99. The van der Waals surface area contributed by atoms with Crippen LogP contribution >= 0.6 is 0 Å². The van der Waals surface area contributed by atoms with Gasteiger partial charge in [-0.3, -0.25) is 4.99 Å². The molecule has 14 heavy (non-hydrogen) atoms. The molecule has 1 aliphatic carbocycles. The van der Waals surface area contributed by atoms with Crippen molar-refractivity contribution in [1.29, 1.82) is 0 Å². The Labute approximate surface area is 86.4 Å². The first kappa shape index (κ1) is 9.81. The van der Waals surface area contributed by atoms with Gasteiger partial charge in [-0.25, -0.2) is 0 Å². The Morgan fingerprint density at radius 1 is 1.57 bits per heavy atom. The Morgan fingerprint density at radius 3 is 2.57 bits per heavy atom. The van der Waals surface area contributed by atoms with E-state index in [2.05, 4.69) is 37.6 Å². The van der Waals surface area contributed by atoms with E-state index in [1.807, 2.05) is 0 Å². The highest BCUT2D eigenvalue weighted by Gasteiger charge is 2.54. The van der Waals surface area contributed by atoms with Gasteiger partial charge in [-0.1, -0.05) is 6.92 Å². The zero-order valence-corrected chi connectivity index (χ0v) is 9.62. The van der Waals surface area contributed by atoms with E-state index in [1.165, 1.54) is 6.42 Å². The van der Waals surface area contributed by atoms with Gasteiger partial charge in [-0.2, -0.15) is 0 Å². The van der Waals surface area contributed by atoms with Gasteiger partial charge < -0.3 is 10.6 Å². The fourth-order valence-corrected chi connectivity index (χ4v) is 2.99. The number of hydrogen-bond donors (Lipinski definition) is 1. The van der Waals surface area contributed by atoms with E-state index >= 15 is 0 Å². The van der Waals surface area contributed by atoms with E-state index in [9.17, 15) is 0 Å². The van der Waals surface area contributed by atoms with Crippen LogP contribution < -0.4 is 5.73 Å². The predicted octanol–water partition coefficient (Wildman–Crippen LogP) is 1.44. The molecule has 2 N–H and O–H groups in total. The fraction of sp³-hybridized carbons (Fsp3) is 0.909. The minimum atomic E-state index is 0.192. The van der Waals surface area contributed by atoms with Crippen molar-refractivity contribution in [2.24, 2.45) is 22.6 Å². The van der Waals surface area contributed by atoms with E-state index in [4.69, 9.17) is 5.73 Å². The van der Waals surface area contributed by atoms with Crippen molar-refractivity contribution in [3.63, 3.8) is 0 Å². The molecule has 0 bridgehead atoms. The number of hydrogen-bond acceptors (Lipinski definition) is 3. The Bertz CT molecular complexity index is 272. The normalized spacial score (nSPS) is 41.8. The van der Waals surface area contributed by atoms with Crippen LogP contribution in [0.3, 0.4) is 0 Å². The Balaban J connectivity index is 2.20. The minimum absolute atomic E-state index is 0.192. The first-order valence-electron chi connectivity index (χ1n) is 5.56. The van der Waals surface area contributed by atoms with Gasteiger partial charge in [0, 0.05) is 6.04 Å². The molecule has 2 rings (SSSR count). The third-order valence-electron chi connectivity index (χ3n) is 3.78. The standard InChI is InChI=1S/C11H21N3/c1-7(2)14-10(12)13-6-11(14,4)9-5-8(9)3/h7-9H,5-6H2,1-4H3,(H2,12,13). The lowest BCUT2D eigenvalue weighted by molar-refractivity contribution is 0.152. The zero-order valence-electron chi connectivity index (χ0n) is 9.62. The number of rotatable bonds is 2. The molecule has 0 aromatic rings. The molecule has 0 saturated heterocycles. The average molecular weight is 195 g/mol. The second-order valence-corrected chi connectivity index (χ2v) is 5.31. The third-order valence-corrected chi connectivity index (χ3v) is 3.78. The van der Waals surface area contributed by atoms with Crippen molar-refractivity contribution in [3.05, 3.63) is 0 Å². The Morgan fingerprint density at radius 2 is 2.14 bits per heavy atom. The molecule has 3 unspecified atom stereocenters. The summed E-state index contributed by atoms with van der Waals surface area (Å²) < 4.78 is 0. The smallest absolute Gasteiger partial charge is 0.192 e. The molecule has 0 aromatic carbocycles. The lowest BCUT2D eigenvalue weighted by atomic mass is 9.92. The highest BCUT2D eigenvalue weighted by atomic mass is 15.4. The van der Waals surface area contributed by atoms with Gasteiger partial charge in [0.1, 0.15) is 0 Å². The van der Waals surface area contributed by atoms with E-state index in [0.717, 1.165) is 24.3 Å². The number of nitrogens with two attached hydrogens (primary N) is 1. The van der Waals surface area contributed by atoms with Crippen LogP contribution in [0.5, 0.6) is 0 Å². The van der Waals surface area contributed by atoms with Crippen LogP contribution in [0.15, 0.2) is 4.99 Å².